The molecule has 0 atom stereocenters. The number of aryl methyl sites for hydroxylation is 1. The second-order valence-corrected chi connectivity index (χ2v) is 5.57. The molecule has 0 unspecified atom stereocenters. The lowest BCUT2D eigenvalue weighted by molar-refractivity contribution is 0.0954. The SMILES string of the molecule is CNc1cc2nc3c(cnn13)C(=O)NCCCc1cccc(n1)N2. The Bertz CT molecular complexity index is 918. The van der Waals surface area contributed by atoms with Gasteiger partial charge in [0.15, 0.2) is 5.65 Å². The summed E-state index contributed by atoms with van der Waals surface area (Å²) in [5.41, 5.74) is 1.93. The first-order valence-corrected chi connectivity index (χ1v) is 7.82. The maximum atomic E-state index is 12.4. The Labute approximate surface area is 138 Å². The van der Waals surface area contributed by atoms with Gasteiger partial charge in [0.1, 0.15) is 23.0 Å². The zero-order valence-corrected chi connectivity index (χ0v) is 13.2. The van der Waals surface area contributed by atoms with Crippen molar-refractivity contribution in [3.05, 3.63) is 41.7 Å². The highest BCUT2D eigenvalue weighted by Crippen LogP contribution is 2.21. The van der Waals surface area contributed by atoms with Crippen LogP contribution in [-0.2, 0) is 6.42 Å². The molecular formula is C16H17N7O. The Morgan fingerprint density at radius 2 is 2.17 bits per heavy atom. The van der Waals surface area contributed by atoms with Crippen molar-refractivity contribution in [2.75, 3.05) is 24.2 Å². The maximum Gasteiger partial charge on any atom is 0.256 e. The number of nitrogens with zero attached hydrogens (tertiary/aromatic N) is 4. The minimum Gasteiger partial charge on any atom is -0.373 e. The number of fused-ring (bicyclic) bond motifs is 3. The summed E-state index contributed by atoms with van der Waals surface area (Å²) in [5.74, 6) is 1.89. The monoisotopic (exact) mass is 323 g/mol. The lowest BCUT2D eigenvalue weighted by atomic mass is 10.2. The summed E-state index contributed by atoms with van der Waals surface area (Å²) in [5, 5.41) is 13.5. The van der Waals surface area contributed by atoms with Crippen molar-refractivity contribution in [2.24, 2.45) is 0 Å². The van der Waals surface area contributed by atoms with Crippen LogP contribution in [0, 0.1) is 0 Å². The average molecular weight is 323 g/mol. The van der Waals surface area contributed by atoms with E-state index in [2.05, 4.69) is 31.0 Å². The van der Waals surface area contributed by atoms with Crippen LogP contribution < -0.4 is 16.0 Å². The molecule has 0 aliphatic carbocycles. The number of carbonyl (C=O) groups is 1. The summed E-state index contributed by atoms with van der Waals surface area (Å²) < 4.78 is 1.61. The molecule has 0 saturated heterocycles. The molecule has 4 heterocycles. The summed E-state index contributed by atoms with van der Waals surface area (Å²) in [6, 6.07) is 7.67. The van der Waals surface area contributed by atoms with Crippen molar-refractivity contribution in [3.63, 3.8) is 0 Å². The molecule has 1 amide bonds. The smallest absolute Gasteiger partial charge is 0.256 e. The largest absolute Gasteiger partial charge is 0.373 e. The summed E-state index contributed by atoms with van der Waals surface area (Å²) in [4.78, 5) is 21.6. The van der Waals surface area contributed by atoms with Crippen molar-refractivity contribution in [3.8, 4) is 0 Å². The van der Waals surface area contributed by atoms with E-state index in [1.165, 1.54) is 0 Å². The number of rotatable bonds is 1. The second kappa shape index (κ2) is 5.80. The number of pyridine rings is 1. The molecule has 24 heavy (non-hydrogen) atoms. The number of anilines is 3. The Hall–Kier alpha value is -3.16. The predicted octanol–water partition coefficient (Wildman–Crippen LogP) is 1.59. The zero-order chi connectivity index (χ0) is 16.5. The van der Waals surface area contributed by atoms with Crippen molar-refractivity contribution in [1.29, 1.82) is 0 Å². The van der Waals surface area contributed by atoms with Crippen molar-refractivity contribution < 1.29 is 4.79 Å². The van der Waals surface area contributed by atoms with Gasteiger partial charge in [0.25, 0.3) is 5.91 Å². The molecule has 8 nitrogen and oxygen atoms in total. The van der Waals surface area contributed by atoms with Crippen LogP contribution in [0.1, 0.15) is 22.5 Å². The first-order chi connectivity index (χ1) is 11.7. The highest BCUT2D eigenvalue weighted by molar-refractivity contribution is 6.00. The van der Waals surface area contributed by atoms with E-state index < -0.39 is 0 Å². The fourth-order valence-electron chi connectivity index (χ4n) is 2.75. The minimum atomic E-state index is -0.171. The average Bonchev–Trinajstić information content (AvgIpc) is 3.01. The molecule has 0 aromatic carbocycles. The van der Waals surface area contributed by atoms with Crippen LogP contribution in [0.5, 0.6) is 0 Å². The molecule has 0 saturated carbocycles. The number of aromatic nitrogens is 4. The van der Waals surface area contributed by atoms with Crippen LogP contribution in [0.3, 0.4) is 0 Å². The zero-order valence-electron chi connectivity index (χ0n) is 13.2. The molecule has 1 aliphatic rings. The van der Waals surface area contributed by atoms with E-state index in [1.807, 2.05) is 24.3 Å². The summed E-state index contributed by atoms with van der Waals surface area (Å²) in [6.45, 7) is 0.577. The molecule has 3 aromatic rings. The van der Waals surface area contributed by atoms with Gasteiger partial charge in [-0.15, -0.1) is 0 Å². The van der Waals surface area contributed by atoms with E-state index in [4.69, 9.17) is 0 Å². The Morgan fingerprint density at radius 3 is 3.04 bits per heavy atom. The summed E-state index contributed by atoms with van der Waals surface area (Å²) in [7, 11) is 1.80. The van der Waals surface area contributed by atoms with E-state index in [0.29, 0.717) is 23.6 Å². The van der Waals surface area contributed by atoms with Gasteiger partial charge in [0, 0.05) is 25.4 Å². The van der Waals surface area contributed by atoms with E-state index in [0.717, 1.165) is 30.2 Å². The number of hydrogen-bond acceptors (Lipinski definition) is 6. The third-order valence-electron chi connectivity index (χ3n) is 3.93. The highest BCUT2D eigenvalue weighted by atomic mass is 16.1. The van der Waals surface area contributed by atoms with Gasteiger partial charge in [-0.3, -0.25) is 4.79 Å². The Balaban J connectivity index is 1.88. The molecule has 0 radical (unpaired) electrons. The fraction of sp³-hybridized carbons (Fsp3) is 0.250. The van der Waals surface area contributed by atoms with Crippen molar-refractivity contribution in [2.45, 2.75) is 12.8 Å². The van der Waals surface area contributed by atoms with Crippen LogP contribution >= 0.6 is 0 Å². The highest BCUT2D eigenvalue weighted by Gasteiger charge is 2.17. The number of amides is 1. The standard InChI is InChI=1S/C16H17N7O/c1-17-14-8-13-21-12-6-2-4-10(20-12)5-3-7-18-16(24)11-9-19-23(14)15(11)22-13/h2,4,6,8-9,17H,3,5,7H2,1H3,(H,18,24)(H,20,21,22). The Morgan fingerprint density at radius 1 is 1.25 bits per heavy atom. The molecular weight excluding hydrogens is 306 g/mol. The molecule has 3 aromatic heterocycles. The van der Waals surface area contributed by atoms with Gasteiger partial charge in [-0.1, -0.05) is 6.07 Å². The number of nitrogens with one attached hydrogen (secondary N) is 3. The van der Waals surface area contributed by atoms with Crippen LogP contribution in [0.2, 0.25) is 0 Å². The van der Waals surface area contributed by atoms with Gasteiger partial charge in [-0.05, 0) is 25.0 Å². The van der Waals surface area contributed by atoms with Crippen LogP contribution in [0.4, 0.5) is 17.5 Å². The third kappa shape index (κ3) is 2.51. The van der Waals surface area contributed by atoms with Crippen LogP contribution in [-0.4, -0.2) is 39.1 Å². The molecule has 4 rings (SSSR count). The van der Waals surface area contributed by atoms with E-state index in [-0.39, 0.29) is 5.91 Å². The predicted molar refractivity (Wildman–Crippen MR) is 90.7 cm³/mol. The van der Waals surface area contributed by atoms with Gasteiger partial charge >= 0.3 is 0 Å². The number of hydrogen-bond donors (Lipinski definition) is 3. The van der Waals surface area contributed by atoms with Gasteiger partial charge in [-0.25, -0.2) is 9.97 Å². The number of carbonyl (C=O) groups excluding carboxylic acids is 1. The normalized spacial score (nSPS) is 14.3. The van der Waals surface area contributed by atoms with E-state index >= 15 is 0 Å². The van der Waals surface area contributed by atoms with Gasteiger partial charge < -0.3 is 16.0 Å². The molecule has 0 fully saturated rings. The van der Waals surface area contributed by atoms with Gasteiger partial charge in [0.05, 0.1) is 6.20 Å². The quantitative estimate of drug-likeness (QED) is 0.629. The molecule has 122 valence electrons. The fourth-order valence-corrected chi connectivity index (χ4v) is 2.75. The van der Waals surface area contributed by atoms with Crippen molar-refractivity contribution >= 4 is 29.0 Å². The lowest BCUT2D eigenvalue weighted by Crippen LogP contribution is -2.24. The summed E-state index contributed by atoms with van der Waals surface area (Å²) in [6.07, 6.45) is 3.16. The van der Waals surface area contributed by atoms with Crippen molar-refractivity contribution in [1.82, 2.24) is 24.9 Å². The molecule has 4 bridgehead atoms. The van der Waals surface area contributed by atoms with Gasteiger partial charge in [-0.2, -0.15) is 9.61 Å². The first-order valence-electron chi connectivity index (χ1n) is 7.82. The molecule has 3 N–H and O–H groups in total. The first kappa shape index (κ1) is 14.4. The van der Waals surface area contributed by atoms with Gasteiger partial charge in [0.2, 0.25) is 0 Å². The second-order valence-electron chi connectivity index (χ2n) is 5.57. The maximum absolute atomic E-state index is 12.4. The van der Waals surface area contributed by atoms with E-state index in [9.17, 15) is 4.79 Å². The topological polar surface area (TPSA) is 96.2 Å². The van der Waals surface area contributed by atoms with E-state index in [1.54, 1.807) is 17.8 Å². The molecule has 0 spiro atoms. The van der Waals surface area contributed by atoms with Crippen LogP contribution in [0.15, 0.2) is 30.5 Å². The lowest BCUT2D eigenvalue weighted by Gasteiger charge is -2.10. The third-order valence-corrected chi connectivity index (χ3v) is 3.93. The Kier molecular flexibility index (Phi) is 3.49. The summed E-state index contributed by atoms with van der Waals surface area (Å²) >= 11 is 0. The molecule has 1 aliphatic heterocycles. The molecule has 8 heteroatoms. The van der Waals surface area contributed by atoms with Crippen LogP contribution in [0.25, 0.3) is 5.65 Å². The minimum absolute atomic E-state index is 0.171.